The van der Waals surface area contributed by atoms with Crippen molar-refractivity contribution in [1.29, 1.82) is 0 Å². The van der Waals surface area contributed by atoms with Gasteiger partial charge in [-0.3, -0.25) is 29.5 Å². The fourth-order valence-corrected chi connectivity index (χ4v) is 4.25. The van der Waals surface area contributed by atoms with Gasteiger partial charge in [-0.15, -0.1) is 0 Å². The second-order valence-corrected chi connectivity index (χ2v) is 7.50. The maximum atomic E-state index is 13.3. The predicted octanol–water partition coefficient (Wildman–Crippen LogP) is 1.58. The molecule has 2 aromatic rings. The number of Topliss-reactive ketones (excluding diaryl/α,β-unsaturated/α-hetero) is 1. The normalized spacial score (nSPS) is 28.5. The van der Waals surface area contributed by atoms with E-state index >= 15 is 0 Å². The number of pyridine rings is 1. The van der Waals surface area contributed by atoms with Crippen LogP contribution >= 0.6 is 0 Å². The van der Waals surface area contributed by atoms with E-state index in [4.69, 9.17) is 0 Å². The molecule has 0 radical (unpaired) electrons. The maximum absolute atomic E-state index is 13.3. The van der Waals surface area contributed by atoms with Gasteiger partial charge in [0.05, 0.1) is 29.3 Å². The fourth-order valence-electron chi connectivity index (χ4n) is 4.25. The smallest absolute Gasteiger partial charge is 0.324 e. The summed E-state index contributed by atoms with van der Waals surface area (Å²) in [4.78, 5) is 55.4. The van der Waals surface area contributed by atoms with E-state index in [1.54, 1.807) is 24.4 Å². The molecular weight excluding hydrogens is 374 g/mol. The number of carbonyl (C=O) groups excluding carboxylic acids is 3. The van der Waals surface area contributed by atoms with Crippen molar-refractivity contribution in [1.82, 2.24) is 10.3 Å². The topological polar surface area (TPSA) is 117 Å². The molecule has 4 unspecified atom stereocenters. The van der Waals surface area contributed by atoms with Gasteiger partial charge in [-0.2, -0.15) is 0 Å². The molecule has 0 spiro atoms. The minimum absolute atomic E-state index is 0.134. The lowest BCUT2D eigenvalue weighted by Gasteiger charge is -2.27. The van der Waals surface area contributed by atoms with E-state index in [0.29, 0.717) is 16.9 Å². The summed E-state index contributed by atoms with van der Waals surface area (Å²) < 4.78 is 0. The molecule has 4 rings (SSSR count). The summed E-state index contributed by atoms with van der Waals surface area (Å²) in [6, 6.07) is 10.6. The molecule has 4 atom stereocenters. The van der Waals surface area contributed by atoms with Crippen LogP contribution in [0.3, 0.4) is 0 Å². The Hall–Kier alpha value is -3.39. The van der Waals surface area contributed by atoms with Gasteiger partial charge >= 0.3 is 5.97 Å². The number of aromatic nitrogens is 1. The van der Waals surface area contributed by atoms with Crippen LogP contribution in [-0.4, -0.2) is 39.2 Å². The molecule has 0 bridgehead atoms. The van der Waals surface area contributed by atoms with Gasteiger partial charge in [-0.1, -0.05) is 6.07 Å². The summed E-state index contributed by atoms with van der Waals surface area (Å²) in [6.45, 7) is 2.84. The summed E-state index contributed by atoms with van der Waals surface area (Å²) in [6.07, 6.45) is 1.56. The second kappa shape index (κ2) is 6.59. The molecule has 2 amide bonds. The summed E-state index contributed by atoms with van der Waals surface area (Å²) >= 11 is 0. The van der Waals surface area contributed by atoms with Gasteiger partial charge in [0.15, 0.2) is 5.78 Å². The molecule has 0 aliphatic carbocycles. The van der Waals surface area contributed by atoms with Crippen molar-refractivity contribution in [3.8, 4) is 0 Å². The molecule has 1 aromatic heterocycles. The number of nitrogens with zero attached hydrogens (tertiary/aromatic N) is 2. The van der Waals surface area contributed by atoms with Gasteiger partial charge in [-0.25, -0.2) is 4.90 Å². The lowest BCUT2D eigenvalue weighted by Crippen LogP contribution is -2.53. The maximum Gasteiger partial charge on any atom is 0.324 e. The first kappa shape index (κ1) is 18.9. The Morgan fingerprint density at radius 2 is 1.79 bits per heavy atom. The quantitative estimate of drug-likeness (QED) is 0.598. The monoisotopic (exact) mass is 393 g/mol. The van der Waals surface area contributed by atoms with Crippen LogP contribution in [0.25, 0.3) is 0 Å². The number of anilines is 1. The molecule has 2 aliphatic rings. The molecule has 2 N–H and O–H groups in total. The zero-order chi connectivity index (χ0) is 20.9. The van der Waals surface area contributed by atoms with Crippen molar-refractivity contribution in [3.05, 3.63) is 59.9 Å². The van der Waals surface area contributed by atoms with Crippen molar-refractivity contribution in [2.75, 3.05) is 4.90 Å². The third kappa shape index (κ3) is 2.75. The Kier molecular flexibility index (Phi) is 4.31. The van der Waals surface area contributed by atoms with Crippen LogP contribution in [0.15, 0.2) is 48.7 Å². The first-order valence-electron chi connectivity index (χ1n) is 9.16. The first-order chi connectivity index (χ1) is 13.8. The number of benzene rings is 1. The average molecular weight is 393 g/mol. The van der Waals surface area contributed by atoms with Gasteiger partial charge < -0.3 is 5.11 Å². The highest BCUT2D eigenvalue weighted by Gasteiger charge is 2.67. The third-order valence-electron chi connectivity index (χ3n) is 5.77. The van der Waals surface area contributed by atoms with E-state index in [0.717, 1.165) is 4.90 Å². The summed E-state index contributed by atoms with van der Waals surface area (Å²) in [5.41, 5.74) is -0.348. The highest BCUT2D eigenvalue weighted by molar-refractivity contribution is 6.24. The zero-order valence-corrected chi connectivity index (χ0v) is 15.8. The van der Waals surface area contributed by atoms with E-state index in [1.807, 2.05) is 0 Å². The molecule has 2 fully saturated rings. The number of carboxylic acids is 1. The number of carbonyl (C=O) groups is 4. The van der Waals surface area contributed by atoms with Gasteiger partial charge in [0, 0.05) is 11.8 Å². The minimum Gasteiger partial charge on any atom is -0.480 e. The first-order valence-corrected chi connectivity index (χ1v) is 9.16. The minimum atomic E-state index is -1.62. The number of amides is 2. The number of aliphatic carboxylic acids is 1. The van der Waals surface area contributed by atoms with Crippen LogP contribution in [0.4, 0.5) is 5.69 Å². The van der Waals surface area contributed by atoms with Crippen molar-refractivity contribution >= 4 is 29.3 Å². The highest BCUT2D eigenvalue weighted by atomic mass is 16.4. The summed E-state index contributed by atoms with van der Waals surface area (Å²) in [5, 5.41) is 12.8. The van der Waals surface area contributed by atoms with Gasteiger partial charge in [0.1, 0.15) is 5.54 Å². The van der Waals surface area contributed by atoms with Crippen molar-refractivity contribution in [2.24, 2.45) is 11.8 Å². The molecule has 8 heteroatoms. The molecule has 1 aromatic carbocycles. The van der Waals surface area contributed by atoms with E-state index in [1.165, 1.54) is 38.1 Å². The lowest BCUT2D eigenvalue weighted by molar-refractivity contribution is -0.147. The van der Waals surface area contributed by atoms with Crippen LogP contribution in [0.1, 0.15) is 35.9 Å². The number of rotatable bonds is 4. The van der Waals surface area contributed by atoms with E-state index in [-0.39, 0.29) is 5.78 Å². The number of ketones is 1. The Morgan fingerprint density at radius 1 is 1.10 bits per heavy atom. The van der Waals surface area contributed by atoms with Gasteiger partial charge in [-0.05, 0) is 50.2 Å². The van der Waals surface area contributed by atoms with Crippen LogP contribution < -0.4 is 10.2 Å². The lowest BCUT2D eigenvalue weighted by atomic mass is 9.81. The van der Waals surface area contributed by atoms with Crippen LogP contribution in [0.5, 0.6) is 0 Å². The SMILES string of the molecule is CC(=O)c1ccc(N2C(=O)C3C(c4ccccn4)NC(C)(C(=O)O)C3C2=O)cc1. The van der Waals surface area contributed by atoms with E-state index in [9.17, 15) is 24.3 Å². The molecule has 0 saturated carbocycles. The highest BCUT2D eigenvalue weighted by Crippen LogP contribution is 2.49. The summed E-state index contributed by atoms with van der Waals surface area (Å²) in [5.74, 6) is -4.38. The third-order valence-corrected chi connectivity index (χ3v) is 5.77. The molecule has 29 heavy (non-hydrogen) atoms. The van der Waals surface area contributed by atoms with Crippen LogP contribution in [-0.2, 0) is 14.4 Å². The fraction of sp³-hybridized carbons (Fsp3) is 0.286. The van der Waals surface area contributed by atoms with E-state index in [2.05, 4.69) is 10.3 Å². The van der Waals surface area contributed by atoms with E-state index < -0.39 is 41.2 Å². The summed E-state index contributed by atoms with van der Waals surface area (Å²) in [7, 11) is 0. The molecule has 2 aliphatic heterocycles. The number of carboxylic acid groups (broad SMARTS) is 1. The van der Waals surface area contributed by atoms with Crippen molar-refractivity contribution < 1.29 is 24.3 Å². The molecule has 8 nitrogen and oxygen atoms in total. The van der Waals surface area contributed by atoms with Gasteiger partial charge in [0.2, 0.25) is 11.8 Å². The number of nitrogens with one attached hydrogen (secondary N) is 1. The zero-order valence-electron chi connectivity index (χ0n) is 15.8. The van der Waals surface area contributed by atoms with Crippen molar-refractivity contribution in [3.63, 3.8) is 0 Å². The second-order valence-electron chi connectivity index (χ2n) is 7.50. The van der Waals surface area contributed by atoms with Crippen LogP contribution in [0.2, 0.25) is 0 Å². The molecule has 3 heterocycles. The van der Waals surface area contributed by atoms with Gasteiger partial charge in [0.25, 0.3) is 0 Å². The number of hydrogen-bond donors (Lipinski definition) is 2. The number of hydrogen-bond acceptors (Lipinski definition) is 6. The molecular formula is C21H19N3O5. The number of imide groups is 1. The average Bonchev–Trinajstić information content (AvgIpc) is 3.17. The Morgan fingerprint density at radius 3 is 2.34 bits per heavy atom. The predicted molar refractivity (Wildman–Crippen MR) is 102 cm³/mol. The van der Waals surface area contributed by atoms with Crippen LogP contribution in [0, 0.1) is 11.8 Å². The van der Waals surface area contributed by atoms with Crippen molar-refractivity contribution in [2.45, 2.75) is 25.4 Å². The number of fused-ring (bicyclic) bond motifs is 1. The standard InChI is InChI=1S/C21H19N3O5/c1-11(25)12-6-8-13(9-7-12)24-18(26)15-16(19(24)27)21(2,20(28)29)23-17(15)14-5-3-4-10-22-14/h3-10,15-17,23H,1-2H3,(H,28,29). The Labute approximate surface area is 166 Å². The Bertz CT molecular complexity index is 1020. The molecule has 148 valence electrons. The largest absolute Gasteiger partial charge is 0.480 e. The molecule has 2 saturated heterocycles. The Balaban J connectivity index is 1.78.